The van der Waals surface area contributed by atoms with Gasteiger partial charge in [-0.15, -0.1) is 5.10 Å². The van der Waals surface area contributed by atoms with Gasteiger partial charge < -0.3 is 16.2 Å². The topological polar surface area (TPSA) is 106 Å². The van der Waals surface area contributed by atoms with Crippen molar-refractivity contribution in [3.05, 3.63) is 80.7 Å². The summed E-state index contributed by atoms with van der Waals surface area (Å²) in [7, 11) is 0. The molecule has 1 amide bonds. The monoisotopic (exact) mass is 543 g/mol. The van der Waals surface area contributed by atoms with Crippen LogP contribution in [0.25, 0.3) is 16.8 Å². The molecule has 35 heavy (non-hydrogen) atoms. The Morgan fingerprint density at radius 2 is 1.83 bits per heavy atom. The number of pyridine rings is 1. The molecule has 1 atom stereocenters. The van der Waals surface area contributed by atoms with Crippen molar-refractivity contribution in [1.82, 2.24) is 19.9 Å². The van der Waals surface area contributed by atoms with E-state index in [-0.39, 0.29) is 32.1 Å². The number of aliphatic hydroxyl groups is 1. The molecule has 7 nitrogen and oxygen atoms in total. The number of nitrogens with one attached hydrogen (secondary N) is 1. The molecule has 0 aliphatic rings. The van der Waals surface area contributed by atoms with Crippen molar-refractivity contribution in [2.75, 3.05) is 12.3 Å². The Kier molecular flexibility index (Phi) is 6.83. The maximum Gasteiger partial charge on any atom is 0.294 e. The van der Waals surface area contributed by atoms with E-state index >= 15 is 4.39 Å². The van der Waals surface area contributed by atoms with Gasteiger partial charge in [-0.25, -0.2) is 17.7 Å². The van der Waals surface area contributed by atoms with E-state index in [0.717, 1.165) is 6.07 Å². The van der Waals surface area contributed by atoms with Gasteiger partial charge in [-0.1, -0.05) is 40.9 Å². The predicted molar refractivity (Wildman–Crippen MR) is 127 cm³/mol. The number of aliphatic hydroxyl groups excluding tert-OH is 1. The second kappa shape index (κ2) is 9.54. The number of fused-ring (bicyclic) bond motifs is 1. The summed E-state index contributed by atoms with van der Waals surface area (Å²) in [6, 6.07) is 9.11. The van der Waals surface area contributed by atoms with E-state index in [1.165, 1.54) is 47.1 Å². The zero-order valence-corrected chi connectivity index (χ0v) is 19.7. The molecule has 182 valence electrons. The Hall–Kier alpha value is -3.05. The molecule has 0 saturated carbocycles. The lowest BCUT2D eigenvalue weighted by atomic mass is 10.0. The average molecular weight is 545 g/mol. The first kappa shape index (κ1) is 25.1. The van der Waals surface area contributed by atoms with Crippen molar-refractivity contribution in [3.8, 4) is 11.1 Å². The minimum absolute atomic E-state index is 0.0165. The highest BCUT2D eigenvalue weighted by Gasteiger charge is 2.40. The third-order valence-electron chi connectivity index (χ3n) is 5.13. The van der Waals surface area contributed by atoms with Gasteiger partial charge in [-0.2, -0.15) is 4.98 Å². The average Bonchev–Trinajstić information content (AvgIpc) is 3.18. The molecule has 2 heterocycles. The third kappa shape index (κ3) is 5.01. The molecule has 0 fully saturated rings. The molecule has 0 unspecified atom stereocenters. The maximum absolute atomic E-state index is 15.3. The molecule has 13 heteroatoms. The van der Waals surface area contributed by atoms with E-state index in [1.54, 1.807) is 0 Å². The van der Waals surface area contributed by atoms with Gasteiger partial charge in [0.25, 0.3) is 11.8 Å². The van der Waals surface area contributed by atoms with Crippen molar-refractivity contribution >= 4 is 52.3 Å². The lowest BCUT2D eigenvalue weighted by Gasteiger charge is -2.23. The van der Waals surface area contributed by atoms with Gasteiger partial charge in [0.15, 0.2) is 5.65 Å². The summed E-state index contributed by atoms with van der Waals surface area (Å²) in [5.74, 6) is -6.03. The number of amides is 1. The summed E-state index contributed by atoms with van der Waals surface area (Å²) in [4.78, 5) is 16.6. The molecule has 0 saturated heterocycles. The van der Waals surface area contributed by atoms with Gasteiger partial charge in [0.2, 0.25) is 5.95 Å². The number of aromatic nitrogens is 3. The Morgan fingerprint density at radius 3 is 2.54 bits per heavy atom. The first-order chi connectivity index (χ1) is 16.5. The number of anilines is 1. The standard InChI is InChI=1S/C22H15Cl3F3N5O2/c23-13-3-1-11(7-15(13)25)19(34)22(27,28)9-30-20(35)17-14(24)4-2-12(18(17)26)10-5-6-33-16(8-10)31-21(29)32-33/h1-8,19,34H,9H2,(H2,29,32)(H,30,35)/t19-/m1/s1. The fraction of sp³-hybridized carbons (Fsp3) is 0.136. The molecule has 0 spiro atoms. The number of carbonyl (C=O) groups excluding carboxylic acids is 1. The van der Waals surface area contributed by atoms with Gasteiger partial charge in [-0.3, -0.25) is 4.79 Å². The van der Waals surface area contributed by atoms with Gasteiger partial charge in [0, 0.05) is 11.8 Å². The van der Waals surface area contributed by atoms with E-state index in [9.17, 15) is 18.7 Å². The van der Waals surface area contributed by atoms with Gasteiger partial charge in [-0.05, 0) is 47.5 Å². The number of benzene rings is 2. The van der Waals surface area contributed by atoms with Gasteiger partial charge in [0.05, 0.1) is 27.2 Å². The normalized spacial score (nSPS) is 12.7. The third-order valence-corrected chi connectivity index (χ3v) is 6.18. The smallest absolute Gasteiger partial charge is 0.294 e. The molecule has 4 N–H and O–H groups in total. The van der Waals surface area contributed by atoms with E-state index in [4.69, 9.17) is 40.5 Å². The number of nitrogen functional groups attached to an aromatic ring is 1. The Morgan fingerprint density at radius 1 is 1.11 bits per heavy atom. The Labute approximate surface area is 211 Å². The number of halogens is 6. The number of hydrogen-bond acceptors (Lipinski definition) is 5. The number of alkyl halides is 2. The highest BCUT2D eigenvalue weighted by atomic mass is 35.5. The predicted octanol–water partition coefficient (Wildman–Crippen LogP) is 5.18. The molecule has 0 aliphatic heterocycles. The SMILES string of the molecule is Nc1nc2cc(-c3ccc(Cl)c(C(=O)NCC(F)(F)[C@H](O)c4ccc(Cl)c(Cl)c4)c3F)ccn2n1. The highest BCUT2D eigenvalue weighted by Crippen LogP contribution is 2.35. The minimum atomic E-state index is -3.83. The number of nitrogens with zero attached hydrogens (tertiary/aromatic N) is 3. The van der Waals surface area contributed by atoms with Crippen LogP contribution in [0, 0.1) is 5.82 Å². The molecule has 2 aromatic heterocycles. The van der Waals surface area contributed by atoms with Crippen molar-refractivity contribution in [3.63, 3.8) is 0 Å². The van der Waals surface area contributed by atoms with E-state index < -0.39 is 35.9 Å². The minimum Gasteiger partial charge on any atom is -0.382 e. The summed E-state index contributed by atoms with van der Waals surface area (Å²) in [6.07, 6.45) is -0.821. The summed E-state index contributed by atoms with van der Waals surface area (Å²) >= 11 is 17.6. The summed E-state index contributed by atoms with van der Waals surface area (Å²) in [5.41, 5.74) is 5.34. The number of nitrogens with two attached hydrogens (primary N) is 1. The summed E-state index contributed by atoms with van der Waals surface area (Å²) in [5, 5.41) is 15.8. The van der Waals surface area contributed by atoms with Crippen LogP contribution in [0.2, 0.25) is 15.1 Å². The van der Waals surface area contributed by atoms with Crippen LogP contribution < -0.4 is 11.1 Å². The van der Waals surface area contributed by atoms with Crippen molar-refractivity contribution < 1.29 is 23.1 Å². The van der Waals surface area contributed by atoms with Gasteiger partial charge in [0.1, 0.15) is 11.9 Å². The molecule has 0 radical (unpaired) electrons. The fourth-order valence-corrected chi connectivity index (χ4v) is 3.90. The van der Waals surface area contributed by atoms with Crippen LogP contribution in [0.1, 0.15) is 22.0 Å². The first-order valence-electron chi connectivity index (χ1n) is 9.87. The highest BCUT2D eigenvalue weighted by molar-refractivity contribution is 6.42. The van der Waals surface area contributed by atoms with Crippen molar-refractivity contribution in [2.45, 2.75) is 12.0 Å². The zero-order valence-electron chi connectivity index (χ0n) is 17.4. The van der Waals surface area contributed by atoms with Crippen LogP contribution in [0.5, 0.6) is 0 Å². The number of rotatable bonds is 6. The number of hydrogen-bond donors (Lipinski definition) is 3. The first-order valence-corrected chi connectivity index (χ1v) is 11.0. The molecule has 4 rings (SSSR count). The lowest BCUT2D eigenvalue weighted by molar-refractivity contribution is -0.106. The van der Waals surface area contributed by atoms with Crippen LogP contribution in [-0.2, 0) is 0 Å². The molecule has 0 aliphatic carbocycles. The Balaban J connectivity index is 1.57. The van der Waals surface area contributed by atoms with E-state index in [1.807, 2.05) is 5.32 Å². The second-order valence-corrected chi connectivity index (χ2v) is 8.71. The zero-order chi connectivity index (χ0) is 25.5. The van der Waals surface area contributed by atoms with Crippen molar-refractivity contribution in [1.29, 1.82) is 0 Å². The molecule has 0 bridgehead atoms. The summed E-state index contributed by atoms with van der Waals surface area (Å²) < 4.78 is 45.9. The second-order valence-electron chi connectivity index (χ2n) is 7.49. The fourth-order valence-electron chi connectivity index (χ4n) is 3.36. The maximum atomic E-state index is 15.3. The largest absolute Gasteiger partial charge is 0.382 e. The van der Waals surface area contributed by atoms with E-state index in [2.05, 4.69) is 10.1 Å². The number of carbonyl (C=O) groups is 1. The van der Waals surface area contributed by atoms with Crippen LogP contribution >= 0.6 is 34.8 Å². The molecular formula is C22H15Cl3F3N5O2. The molecule has 2 aromatic carbocycles. The molecule has 4 aromatic rings. The van der Waals surface area contributed by atoms with E-state index in [0.29, 0.717) is 11.2 Å². The van der Waals surface area contributed by atoms with Crippen molar-refractivity contribution in [2.24, 2.45) is 0 Å². The quantitative estimate of drug-likeness (QED) is 0.310. The lowest BCUT2D eigenvalue weighted by Crippen LogP contribution is -2.41. The van der Waals surface area contributed by atoms with Crippen LogP contribution in [0.4, 0.5) is 19.1 Å². The van der Waals surface area contributed by atoms with Crippen LogP contribution in [0.15, 0.2) is 48.7 Å². The summed E-state index contributed by atoms with van der Waals surface area (Å²) in [6.45, 7) is -1.31. The van der Waals surface area contributed by atoms with Crippen LogP contribution in [0.3, 0.4) is 0 Å². The van der Waals surface area contributed by atoms with Gasteiger partial charge >= 0.3 is 0 Å². The Bertz CT molecular complexity index is 1450. The van der Waals surface area contributed by atoms with Crippen LogP contribution in [-0.4, -0.2) is 38.1 Å². The molecular weight excluding hydrogens is 530 g/mol.